The van der Waals surface area contributed by atoms with Crippen molar-refractivity contribution in [1.29, 1.82) is 0 Å². The lowest BCUT2D eigenvalue weighted by molar-refractivity contribution is -0.384. The zero-order chi connectivity index (χ0) is 18.8. The molecule has 134 valence electrons. The summed E-state index contributed by atoms with van der Waals surface area (Å²) >= 11 is 0. The molecule has 0 spiro atoms. The van der Waals surface area contributed by atoms with Crippen LogP contribution in [0.2, 0.25) is 0 Å². The Morgan fingerprint density at radius 3 is 2.24 bits per heavy atom. The normalized spacial score (nSPS) is 11.6. The number of hydrogen-bond acceptors (Lipinski definition) is 5. The molecule has 0 aliphatic heterocycles. The summed E-state index contributed by atoms with van der Waals surface area (Å²) in [6, 6.07) is 9.70. The van der Waals surface area contributed by atoms with Gasteiger partial charge < -0.3 is 5.32 Å². The van der Waals surface area contributed by atoms with E-state index in [0.717, 1.165) is 22.8 Å². The number of nitro benzene ring substituents is 1. The Bertz CT molecular complexity index is 890. The maximum Gasteiger partial charge on any atom is 0.293 e. The van der Waals surface area contributed by atoms with Crippen LogP contribution in [0.4, 0.5) is 11.4 Å². The summed E-state index contributed by atoms with van der Waals surface area (Å²) in [5.74, 6) is 0. The predicted molar refractivity (Wildman–Crippen MR) is 97.2 cm³/mol. The summed E-state index contributed by atoms with van der Waals surface area (Å²) in [7, 11) is -0.835. The van der Waals surface area contributed by atoms with Crippen molar-refractivity contribution in [2.24, 2.45) is 0 Å². The van der Waals surface area contributed by atoms with Crippen LogP contribution in [-0.2, 0) is 16.6 Å². The Hall–Kier alpha value is -2.45. The number of nitrogens with one attached hydrogen (secondary N) is 1. The molecule has 0 fully saturated rings. The zero-order valence-electron chi connectivity index (χ0n) is 14.6. The predicted octanol–water partition coefficient (Wildman–Crippen LogP) is 3.07. The summed E-state index contributed by atoms with van der Waals surface area (Å²) in [5.41, 5.74) is 2.96. The van der Waals surface area contributed by atoms with E-state index in [1.165, 1.54) is 23.5 Å². The van der Waals surface area contributed by atoms with Crippen molar-refractivity contribution in [3.63, 3.8) is 0 Å². The SMILES string of the molecule is CNc1ccc(S(=O)(=O)N(C)Cc2cc(C)cc(C)c2)cc1[N+](=O)[O-]. The molecule has 7 nitrogen and oxygen atoms in total. The first-order valence-corrected chi connectivity index (χ1v) is 9.09. The van der Waals surface area contributed by atoms with Crippen LogP contribution in [0.25, 0.3) is 0 Å². The summed E-state index contributed by atoms with van der Waals surface area (Å²) in [4.78, 5) is 10.4. The Balaban J connectivity index is 2.37. The minimum atomic E-state index is -3.84. The molecule has 0 saturated carbocycles. The van der Waals surface area contributed by atoms with Gasteiger partial charge in [0.05, 0.1) is 9.82 Å². The van der Waals surface area contributed by atoms with Gasteiger partial charge in [-0.25, -0.2) is 8.42 Å². The van der Waals surface area contributed by atoms with Crippen molar-refractivity contribution in [3.05, 3.63) is 63.2 Å². The summed E-state index contributed by atoms with van der Waals surface area (Å²) in [5, 5.41) is 13.8. The van der Waals surface area contributed by atoms with Crippen LogP contribution < -0.4 is 5.32 Å². The van der Waals surface area contributed by atoms with Crippen LogP contribution in [-0.4, -0.2) is 31.7 Å². The van der Waals surface area contributed by atoms with Crippen LogP contribution in [0.3, 0.4) is 0 Å². The monoisotopic (exact) mass is 363 g/mol. The van der Waals surface area contributed by atoms with Crippen molar-refractivity contribution in [2.75, 3.05) is 19.4 Å². The molecule has 0 aliphatic carbocycles. The highest BCUT2D eigenvalue weighted by Gasteiger charge is 2.25. The number of sulfonamides is 1. The van der Waals surface area contributed by atoms with Gasteiger partial charge in [-0.2, -0.15) is 4.31 Å². The van der Waals surface area contributed by atoms with E-state index in [1.807, 2.05) is 32.0 Å². The van der Waals surface area contributed by atoms with Gasteiger partial charge in [0, 0.05) is 26.7 Å². The Morgan fingerprint density at radius 1 is 1.12 bits per heavy atom. The third-order valence-corrected chi connectivity index (χ3v) is 5.63. The number of rotatable bonds is 6. The van der Waals surface area contributed by atoms with E-state index >= 15 is 0 Å². The molecule has 0 amide bonds. The molecule has 0 radical (unpaired) electrons. The second kappa shape index (κ2) is 7.20. The third-order valence-electron chi connectivity index (χ3n) is 3.83. The number of benzene rings is 2. The number of nitrogens with zero attached hydrogens (tertiary/aromatic N) is 2. The molecule has 0 saturated heterocycles. The van der Waals surface area contributed by atoms with Crippen molar-refractivity contribution >= 4 is 21.4 Å². The van der Waals surface area contributed by atoms with Gasteiger partial charge in [-0.05, 0) is 31.5 Å². The summed E-state index contributed by atoms with van der Waals surface area (Å²) in [6.45, 7) is 4.09. The van der Waals surface area contributed by atoms with Gasteiger partial charge in [0.15, 0.2) is 0 Å². The third kappa shape index (κ3) is 4.15. The number of aryl methyl sites for hydroxylation is 2. The average molecular weight is 363 g/mol. The minimum Gasteiger partial charge on any atom is -0.383 e. The maximum absolute atomic E-state index is 12.8. The molecule has 0 atom stereocenters. The van der Waals surface area contributed by atoms with Crippen molar-refractivity contribution < 1.29 is 13.3 Å². The quantitative estimate of drug-likeness (QED) is 0.629. The van der Waals surface area contributed by atoms with Gasteiger partial charge in [0.25, 0.3) is 5.69 Å². The van der Waals surface area contributed by atoms with E-state index in [2.05, 4.69) is 5.32 Å². The summed E-state index contributed by atoms with van der Waals surface area (Å²) in [6.07, 6.45) is 0. The van der Waals surface area contributed by atoms with Crippen LogP contribution in [0.1, 0.15) is 16.7 Å². The Morgan fingerprint density at radius 2 is 1.72 bits per heavy atom. The minimum absolute atomic E-state index is 0.106. The van der Waals surface area contributed by atoms with Crippen molar-refractivity contribution in [2.45, 2.75) is 25.3 Å². The molecule has 2 aromatic rings. The average Bonchev–Trinajstić information content (AvgIpc) is 2.52. The fourth-order valence-corrected chi connectivity index (χ4v) is 3.90. The first-order valence-electron chi connectivity index (χ1n) is 7.65. The second-order valence-electron chi connectivity index (χ2n) is 5.94. The Labute approximate surface area is 147 Å². The first-order chi connectivity index (χ1) is 11.6. The van der Waals surface area contributed by atoms with E-state index in [1.54, 1.807) is 7.05 Å². The van der Waals surface area contributed by atoms with E-state index in [0.29, 0.717) is 0 Å². The van der Waals surface area contributed by atoms with Crippen LogP contribution in [0.15, 0.2) is 41.3 Å². The molecular weight excluding hydrogens is 342 g/mol. The van der Waals surface area contributed by atoms with E-state index < -0.39 is 14.9 Å². The highest BCUT2D eigenvalue weighted by molar-refractivity contribution is 7.89. The molecule has 0 aromatic heterocycles. The smallest absolute Gasteiger partial charge is 0.293 e. The van der Waals surface area contributed by atoms with Crippen LogP contribution in [0, 0.1) is 24.0 Å². The molecule has 25 heavy (non-hydrogen) atoms. The topological polar surface area (TPSA) is 92.6 Å². The molecule has 2 rings (SSSR count). The molecular formula is C17H21N3O4S. The van der Waals surface area contributed by atoms with E-state index in [9.17, 15) is 18.5 Å². The lowest BCUT2D eigenvalue weighted by Crippen LogP contribution is -2.26. The van der Waals surface area contributed by atoms with Crippen molar-refractivity contribution in [1.82, 2.24) is 4.31 Å². The molecule has 2 aromatic carbocycles. The van der Waals surface area contributed by atoms with Gasteiger partial charge in [0.1, 0.15) is 5.69 Å². The molecule has 8 heteroatoms. The highest BCUT2D eigenvalue weighted by atomic mass is 32.2. The van der Waals surface area contributed by atoms with Gasteiger partial charge in [-0.1, -0.05) is 29.3 Å². The van der Waals surface area contributed by atoms with Gasteiger partial charge >= 0.3 is 0 Å². The van der Waals surface area contributed by atoms with Crippen LogP contribution in [0.5, 0.6) is 0 Å². The molecule has 0 aliphatic rings. The van der Waals surface area contributed by atoms with Crippen LogP contribution >= 0.6 is 0 Å². The largest absolute Gasteiger partial charge is 0.383 e. The fourth-order valence-electron chi connectivity index (χ4n) is 2.72. The highest BCUT2D eigenvalue weighted by Crippen LogP contribution is 2.28. The van der Waals surface area contributed by atoms with Gasteiger partial charge in [-0.3, -0.25) is 10.1 Å². The first kappa shape index (κ1) is 18.9. The molecule has 0 unspecified atom stereocenters. The zero-order valence-corrected chi connectivity index (χ0v) is 15.4. The van der Waals surface area contributed by atoms with Gasteiger partial charge in [-0.15, -0.1) is 0 Å². The molecule has 1 N–H and O–H groups in total. The Kier molecular flexibility index (Phi) is 5.44. The number of nitro groups is 1. The van der Waals surface area contributed by atoms with Gasteiger partial charge in [0.2, 0.25) is 10.0 Å². The standard InChI is InChI=1S/C17H21N3O4S/c1-12-7-13(2)9-14(8-12)11-19(4)25(23,24)15-5-6-16(18-3)17(10-15)20(21)22/h5-10,18H,11H2,1-4H3. The number of anilines is 1. The summed E-state index contributed by atoms with van der Waals surface area (Å²) < 4.78 is 26.7. The van der Waals surface area contributed by atoms with Crippen molar-refractivity contribution in [3.8, 4) is 0 Å². The maximum atomic E-state index is 12.8. The lowest BCUT2D eigenvalue weighted by atomic mass is 10.1. The number of hydrogen-bond donors (Lipinski definition) is 1. The molecule has 0 bridgehead atoms. The van der Waals surface area contributed by atoms with E-state index in [-0.39, 0.29) is 22.8 Å². The fraction of sp³-hybridized carbons (Fsp3) is 0.294. The molecule has 0 heterocycles. The second-order valence-corrected chi connectivity index (χ2v) is 7.99. The lowest BCUT2D eigenvalue weighted by Gasteiger charge is -2.18. The van der Waals surface area contributed by atoms with E-state index in [4.69, 9.17) is 0 Å².